The van der Waals surface area contributed by atoms with Gasteiger partial charge in [-0.2, -0.15) is 9.61 Å². The van der Waals surface area contributed by atoms with Gasteiger partial charge in [-0.15, -0.1) is 10.2 Å². The van der Waals surface area contributed by atoms with E-state index in [0.717, 1.165) is 39.9 Å². The molecular weight excluding hydrogens is 284 g/mol. The molecule has 21 heavy (non-hydrogen) atoms. The summed E-state index contributed by atoms with van der Waals surface area (Å²) in [4.78, 5) is 0.841. The normalized spacial score (nSPS) is 11.5. The summed E-state index contributed by atoms with van der Waals surface area (Å²) in [7, 11) is 1.66. The Morgan fingerprint density at radius 2 is 2.00 bits per heavy atom. The SMILES string of the molecule is CCCc1nnc2sc(/C=C/c3ccc(OC)cc3)nn12. The molecular formula is C15H16N4OS. The lowest BCUT2D eigenvalue weighted by molar-refractivity contribution is 0.415. The van der Waals surface area contributed by atoms with Crippen LogP contribution in [0.1, 0.15) is 29.7 Å². The number of aromatic nitrogens is 4. The van der Waals surface area contributed by atoms with Crippen molar-refractivity contribution < 1.29 is 4.74 Å². The molecule has 0 radical (unpaired) electrons. The highest BCUT2D eigenvalue weighted by Crippen LogP contribution is 2.18. The zero-order chi connectivity index (χ0) is 14.7. The second kappa shape index (κ2) is 6.05. The number of hydrogen-bond donors (Lipinski definition) is 0. The smallest absolute Gasteiger partial charge is 0.234 e. The molecule has 0 aliphatic heterocycles. The van der Waals surface area contributed by atoms with Crippen LogP contribution in [0.5, 0.6) is 5.75 Å². The van der Waals surface area contributed by atoms with Crippen LogP contribution < -0.4 is 4.74 Å². The van der Waals surface area contributed by atoms with Crippen molar-refractivity contribution in [3.8, 4) is 5.75 Å². The summed E-state index contributed by atoms with van der Waals surface area (Å²) in [5.74, 6) is 1.78. The van der Waals surface area contributed by atoms with Gasteiger partial charge in [-0.05, 0) is 30.2 Å². The fourth-order valence-corrected chi connectivity index (χ4v) is 2.76. The van der Waals surface area contributed by atoms with Gasteiger partial charge in [0.15, 0.2) is 5.82 Å². The molecule has 1 aromatic carbocycles. The van der Waals surface area contributed by atoms with Crippen LogP contribution in [0.3, 0.4) is 0 Å². The van der Waals surface area contributed by atoms with Gasteiger partial charge < -0.3 is 4.74 Å². The quantitative estimate of drug-likeness (QED) is 0.725. The third-order valence-electron chi connectivity index (χ3n) is 3.08. The van der Waals surface area contributed by atoms with E-state index in [1.165, 1.54) is 11.3 Å². The minimum Gasteiger partial charge on any atom is -0.497 e. The van der Waals surface area contributed by atoms with Crippen molar-refractivity contribution in [3.63, 3.8) is 0 Å². The van der Waals surface area contributed by atoms with Crippen LogP contribution in [-0.4, -0.2) is 26.9 Å². The van der Waals surface area contributed by atoms with E-state index in [1.54, 1.807) is 7.11 Å². The Balaban J connectivity index is 1.81. The van der Waals surface area contributed by atoms with E-state index < -0.39 is 0 Å². The van der Waals surface area contributed by atoms with Crippen LogP contribution >= 0.6 is 11.3 Å². The van der Waals surface area contributed by atoms with Gasteiger partial charge in [-0.3, -0.25) is 0 Å². The Morgan fingerprint density at radius 1 is 1.19 bits per heavy atom. The molecule has 108 valence electrons. The maximum atomic E-state index is 5.14. The predicted octanol–water partition coefficient (Wildman–Crippen LogP) is 3.32. The number of methoxy groups -OCH3 is 1. The molecule has 0 bridgehead atoms. The summed E-state index contributed by atoms with van der Waals surface area (Å²) < 4.78 is 6.98. The molecule has 5 nitrogen and oxygen atoms in total. The first-order valence-electron chi connectivity index (χ1n) is 6.83. The summed E-state index contributed by atoms with van der Waals surface area (Å²) >= 11 is 1.54. The summed E-state index contributed by atoms with van der Waals surface area (Å²) in [6, 6.07) is 7.91. The second-order valence-corrected chi connectivity index (χ2v) is 5.59. The average molecular weight is 300 g/mol. The number of aryl methyl sites for hydroxylation is 1. The molecule has 0 spiro atoms. The Morgan fingerprint density at radius 3 is 2.71 bits per heavy atom. The van der Waals surface area contributed by atoms with Crippen molar-refractivity contribution >= 4 is 28.4 Å². The number of benzene rings is 1. The fraction of sp³-hybridized carbons (Fsp3) is 0.267. The first-order valence-corrected chi connectivity index (χ1v) is 7.65. The second-order valence-electron chi connectivity index (χ2n) is 4.61. The predicted molar refractivity (Wildman–Crippen MR) is 84.6 cm³/mol. The van der Waals surface area contributed by atoms with E-state index in [9.17, 15) is 0 Å². The maximum absolute atomic E-state index is 5.14. The number of rotatable bonds is 5. The molecule has 0 aliphatic carbocycles. The van der Waals surface area contributed by atoms with Gasteiger partial charge in [0.05, 0.1) is 7.11 Å². The minimum atomic E-state index is 0.841. The molecule has 0 aliphatic rings. The van der Waals surface area contributed by atoms with Gasteiger partial charge in [-0.1, -0.05) is 36.5 Å². The molecule has 0 saturated carbocycles. The molecule has 0 unspecified atom stereocenters. The van der Waals surface area contributed by atoms with Crippen LogP contribution in [0.4, 0.5) is 0 Å². The number of hydrogen-bond acceptors (Lipinski definition) is 5. The Kier molecular flexibility index (Phi) is 3.96. The van der Waals surface area contributed by atoms with Crippen molar-refractivity contribution in [1.82, 2.24) is 19.8 Å². The van der Waals surface area contributed by atoms with E-state index in [1.807, 2.05) is 40.9 Å². The van der Waals surface area contributed by atoms with Crippen LogP contribution in [0.25, 0.3) is 17.1 Å². The lowest BCUT2D eigenvalue weighted by Crippen LogP contribution is -1.94. The monoisotopic (exact) mass is 300 g/mol. The number of ether oxygens (including phenoxy) is 1. The lowest BCUT2D eigenvalue weighted by Gasteiger charge is -1.98. The zero-order valence-corrected chi connectivity index (χ0v) is 12.8. The van der Waals surface area contributed by atoms with E-state index in [0.29, 0.717) is 0 Å². The molecule has 0 amide bonds. The Labute approximate surface area is 126 Å². The molecule has 3 aromatic rings. The Bertz CT molecular complexity index is 758. The highest BCUT2D eigenvalue weighted by Gasteiger charge is 2.09. The minimum absolute atomic E-state index is 0.841. The van der Waals surface area contributed by atoms with Crippen molar-refractivity contribution in [2.75, 3.05) is 7.11 Å². The van der Waals surface area contributed by atoms with Gasteiger partial charge in [0.2, 0.25) is 4.96 Å². The maximum Gasteiger partial charge on any atom is 0.234 e. The van der Waals surface area contributed by atoms with Crippen molar-refractivity contribution in [2.24, 2.45) is 0 Å². The van der Waals surface area contributed by atoms with Crippen molar-refractivity contribution in [1.29, 1.82) is 0 Å². The molecule has 0 atom stereocenters. The van der Waals surface area contributed by atoms with E-state index >= 15 is 0 Å². The third-order valence-corrected chi connectivity index (χ3v) is 3.94. The van der Waals surface area contributed by atoms with E-state index in [2.05, 4.69) is 22.2 Å². The summed E-state index contributed by atoms with van der Waals surface area (Å²) in [6.07, 6.45) is 5.96. The van der Waals surface area contributed by atoms with E-state index in [4.69, 9.17) is 4.74 Å². The van der Waals surface area contributed by atoms with Crippen molar-refractivity contribution in [3.05, 3.63) is 40.7 Å². The zero-order valence-electron chi connectivity index (χ0n) is 12.0. The first kappa shape index (κ1) is 13.8. The lowest BCUT2D eigenvalue weighted by atomic mass is 10.2. The van der Waals surface area contributed by atoms with Crippen molar-refractivity contribution in [2.45, 2.75) is 19.8 Å². The summed E-state index contributed by atoms with van der Waals surface area (Å²) in [6.45, 7) is 2.12. The highest BCUT2D eigenvalue weighted by molar-refractivity contribution is 7.17. The molecule has 0 saturated heterocycles. The summed E-state index contributed by atoms with van der Waals surface area (Å²) in [5.41, 5.74) is 1.11. The molecule has 0 N–H and O–H groups in total. The van der Waals surface area contributed by atoms with Gasteiger partial charge >= 0.3 is 0 Å². The largest absolute Gasteiger partial charge is 0.497 e. The first-order chi connectivity index (χ1) is 10.3. The molecule has 6 heteroatoms. The molecule has 0 fully saturated rings. The summed E-state index contributed by atoms with van der Waals surface area (Å²) in [5, 5.41) is 13.8. The van der Waals surface area contributed by atoms with Crippen LogP contribution in [0.2, 0.25) is 0 Å². The van der Waals surface area contributed by atoms with Gasteiger partial charge in [0.25, 0.3) is 0 Å². The third kappa shape index (κ3) is 2.95. The van der Waals surface area contributed by atoms with Gasteiger partial charge in [0.1, 0.15) is 10.8 Å². The van der Waals surface area contributed by atoms with Gasteiger partial charge in [-0.25, -0.2) is 0 Å². The fourth-order valence-electron chi connectivity index (χ4n) is 2.00. The molecule has 2 aromatic heterocycles. The average Bonchev–Trinajstić information content (AvgIpc) is 3.08. The number of fused-ring (bicyclic) bond motifs is 1. The van der Waals surface area contributed by atoms with E-state index in [-0.39, 0.29) is 0 Å². The standard InChI is InChI=1S/C15H16N4OS/c1-3-4-13-16-17-15-19(13)18-14(21-15)10-7-11-5-8-12(20-2)9-6-11/h5-10H,3-4H2,1-2H3/b10-7+. The number of nitrogens with zero attached hydrogens (tertiary/aromatic N) is 4. The van der Waals surface area contributed by atoms with Crippen LogP contribution in [-0.2, 0) is 6.42 Å². The van der Waals surface area contributed by atoms with Gasteiger partial charge in [0, 0.05) is 6.42 Å². The highest BCUT2D eigenvalue weighted by atomic mass is 32.1. The van der Waals surface area contributed by atoms with Crippen LogP contribution in [0.15, 0.2) is 24.3 Å². The molecule has 3 rings (SSSR count). The van der Waals surface area contributed by atoms with Crippen LogP contribution in [0, 0.1) is 0 Å². The topological polar surface area (TPSA) is 52.3 Å². The molecule has 2 heterocycles. The Hall–Kier alpha value is -2.21.